The molecule has 0 spiro atoms. The molecule has 0 radical (unpaired) electrons. The van der Waals surface area contributed by atoms with Gasteiger partial charge in [-0.15, -0.1) is 5.92 Å². The Kier molecular flexibility index (Phi) is 4.17. The maximum absolute atomic E-state index is 9.05. The first-order valence-electron chi connectivity index (χ1n) is 3.27. The molecule has 0 bridgehead atoms. The lowest BCUT2D eigenvalue weighted by Gasteiger charge is -2.04. The zero-order valence-corrected chi connectivity index (χ0v) is 6.31. The van der Waals surface area contributed by atoms with Gasteiger partial charge in [-0.2, -0.15) is 0 Å². The van der Waals surface area contributed by atoms with E-state index in [1.54, 1.807) is 6.92 Å². The zero-order valence-electron chi connectivity index (χ0n) is 6.31. The molecule has 52 valence electrons. The van der Waals surface area contributed by atoms with E-state index < -0.39 is 6.10 Å². The highest BCUT2D eigenvalue weighted by molar-refractivity contribution is 5.01. The second-order valence-corrected chi connectivity index (χ2v) is 2.54. The highest BCUT2D eigenvalue weighted by atomic mass is 16.3. The summed E-state index contributed by atoms with van der Waals surface area (Å²) < 4.78 is 0. The Balaban J connectivity index is 3.46. The Labute approximate surface area is 57.1 Å². The average molecular weight is 126 g/mol. The minimum absolute atomic E-state index is 0.421. The van der Waals surface area contributed by atoms with Gasteiger partial charge in [0.25, 0.3) is 0 Å². The van der Waals surface area contributed by atoms with Gasteiger partial charge in [0.2, 0.25) is 0 Å². The summed E-state index contributed by atoms with van der Waals surface area (Å²) in [5, 5.41) is 9.05. The van der Waals surface area contributed by atoms with Gasteiger partial charge in [0.05, 0.1) is 0 Å². The molecule has 1 atom stereocenters. The van der Waals surface area contributed by atoms with Gasteiger partial charge in [0.1, 0.15) is 6.10 Å². The van der Waals surface area contributed by atoms with Crippen LogP contribution < -0.4 is 0 Å². The molecule has 0 saturated carbocycles. The van der Waals surface area contributed by atoms with Crippen LogP contribution in [-0.4, -0.2) is 11.2 Å². The Morgan fingerprint density at radius 3 is 2.33 bits per heavy atom. The highest BCUT2D eigenvalue weighted by Gasteiger charge is 2.00. The summed E-state index contributed by atoms with van der Waals surface area (Å²) in [4.78, 5) is 0. The predicted molar refractivity (Wildman–Crippen MR) is 38.9 cm³/mol. The molecule has 0 heterocycles. The van der Waals surface area contributed by atoms with Crippen molar-refractivity contribution in [2.24, 2.45) is 5.92 Å². The van der Waals surface area contributed by atoms with Crippen molar-refractivity contribution in [2.75, 3.05) is 0 Å². The molecule has 1 unspecified atom stereocenters. The SMILES string of the molecule is CC#CC(O)CC(C)C. The van der Waals surface area contributed by atoms with E-state index >= 15 is 0 Å². The number of hydrogen-bond donors (Lipinski definition) is 1. The summed E-state index contributed by atoms with van der Waals surface area (Å²) in [6, 6.07) is 0. The third-order valence-corrected chi connectivity index (χ3v) is 1.01. The summed E-state index contributed by atoms with van der Waals surface area (Å²) >= 11 is 0. The smallest absolute Gasteiger partial charge is 0.115 e. The van der Waals surface area contributed by atoms with Crippen molar-refractivity contribution in [3.63, 3.8) is 0 Å². The lowest BCUT2D eigenvalue weighted by atomic mass is 10.1. The molecule has 0 saturated heterocycles. The van der Waals surface area contributed by atoms with Gasteiger partial charge in [-0.3, -0.25) is 0 Å². The fourth-order valence-electron chi connectivity index (χ4n) is 0.672. The monoisotopic (exact) mass is 126 g/mol. The Morgan fingerprint density at radius 2 is 2.00 bits per heavy atom. The molecular formula is C8H14O. The van der Waals surface area contributed by atoms with E-state index in [2.05, 4.69) is 25.7 Å². The van der Waals surface area contributed by atoms with E-state index in [1.165, 1.54) is 0 Å². The second-order valence-electron chi connectivity index (χ2n) is 2.54. The van der Waals surface area contributed by atoms with Crippen molar-refractivity contribution in [2.45, 2.75) is 33.3 Å². The van der Waals surface area contributed by atoms with Crippen molar-refractivity contribution < 1.29 is 5.11 Å². The second kappa shape index (κ2) is 4.40. The number of rotatable bonds is 2. The summed E-state index contributed by atoms with van der Waals surface area (Å²) in [5.74, 6) is 5.88. The van der Waals surface area contributed by atoms with Crippen molar-refractivity contribution >= 4 is 0 Å². The predicted octanol–water partition coefficient (Wildman–Crippen LogP) is 1.42. The van der Waals surface area contributed by atoms with Crippen LogP contribution in [0.3, 0.4) is 0 Å². The van der Waals surface area contributed by atoms with Crippen LogP contribution in [0.4, 0.5) is 0 Å². The molecule has 0 aromatic heterocycles. The van der Waals surface area contributed by atoms with Gasteiger partial charge in [-0.1, -0.05) is 19.8 Å². The molecule has 0 aromatic carbocycles. The third-order valence-electron chi connectivity index (χ3n) is 1.01. The minimum atomic E-state index is -0.421. The Morgan fingerprint density at radius 1 is 1.44 bits per heavy atom. The van der Waals surface area contributed by atoms with Crippen LogP contribution in [0.2, 0.25) is 0 Å². The molecule has 1 nitrogen and oxygen atoms in total. The van der Waals surface area contributed by atoms with Crippen LogP contribution in [-0.2, 0) is 0 Å². The number of aliphatic hydroxyl groups is 1. The van der Waals surface area contributed by atoms with Crippen molar-refractivity contribution in [3.05, 3.63) is 0 Å². The average Bonchev–Trinajstić information content (AvgIpc) is 1.63. The summed E-state index contributed by atoms with van der Waals surface area (Å²) in [5.41, 5.74) is 0. The van der Waals surface area contributed by atoms with Gasteiger partial charge in [0, 0.05) is 0 Å². The highest BCUT2D eigenvalue weighted by Crippen LogP contribution is 2.02. The van der Waals surface area contributed by atoms with Gasteiger partial charge in [-0.05, 0) is 19.3 Å². The number of hydrogen-bond acceptors (Lipinski definition) is 1. The molecule has 0 aliphatic rings. The molecular weight excluding hydrogens is 112 g/mol. The van der Waals surface area contributed by atoms with E-state index in [9.17, 15) is 0 Å². The van der Waals surface area contributed by atoms with Crippen LogP contribution in [0.1, 0.15) is 27.2 Å². The first kappa shape index (κ1) is 8.52. The Hall–Kier alpha value is -0.480. The summed E-state index contributed by atoms with van der Waals surface area (Å²) in [6.07, 6.45) is 0.357. The van der Waals surface area contributed by atoms with Crippen molar-refractivity contribution in [1.29, 1.82) is 0 Å². The van der Waals surface area contributed by atoms with Gasteiger partial charge < -0.3 is 5.11 Å². The van der Waals surface area contributed by atoms with Crippen LogP contribution in [0.25, 0.3) is 0 Å². The first-order valence-corrected chi connectivity index (χ1v) is 3.27. The zero-order chi connectivity index (χ0) is 7.28. The fourth-order valence-corrected chi connectivity index (χ4v) is 0.672. The lowest BCUT2D eigenvalue weighted by molar-refractivity contribution is 0.204. The molecule has 1 N–H and O–H groups in total. The standard InChI is InChI=1S/C8H14O/c1-4-5-8(9)6-7(2)3/h7-9H,6H2,1-3H3. The van der Waals surface area contributed by atoms with E-state index in [-0.39, 0.29) is 0 Å². The molecule has 0 rings (SSSR count). The Bertz CT molecular complexity index is 116. The van der Waals surface area contributed by atoms with Crippen molar-refractivity contribution in [3.8, 4) is 11.8 Å². The molecule has 9 heavy (non-hydrogen) atoms. The van der Waals surface area contributed by atoms with Gasteiger partial charge in [-0.25, -0.2) is 0 Å². The molecule has 1 heteroatoms. The summed E-state index contributed by atoms with van der Waals surface area (Å²) in [6.45, 7) is 5.88. The van der Waals surface area contributed by atoms with E-state index in [0.29, 0.717) is 5.92 Å². The van der Waals surface area contributed by atoms with Gasteiger partial charge >= 0.3 is 0 Å². The fraction of sp³-hybridized carbons (Fsp3) is 0.750. The topological polar surface area (TPSA) is 20.2 Å². The minimum Gasteiger partial charge on any atom is -0.380 e. The van der Waals surface area contributed by atoms with E-state index in [0.717, 1.165) is 6.42 Å². The van der Waals surface area contributed by atoms with E-state index in [4.69, 9.17) is 5.11 Å². The van der Waals surface area contributed by atoms with Gasteiger partial charge in [0.15, 0.2) is 0 Å². The molecule has 0 fully saturated rings. The number of aliphatic hydroxyl groups excluding tert-OH is 1. The summed E-state index contributed by atoms with van der Waals surface area (Å²) in [7, 11) is 0. The lowest BCUT2D eigenvalue weighted by Crippen LogP contribution is -2.06. The molecule has 0 aliphatic carbocycles. The van der Waals surface area contributed by atoms with Crippen LogP contribution in [0, 0.1) is 17.8 Å². The molecule has 0 aromatic rings. The van der Waals surface area contributed by atoms with Crippen LogP contribution in [0.5, 0.6) is 0 Å². The quantitative estimate of drug-likeness (QED) is 0.555. The first-order chi connectivity index (χ1) is 4.16. The molecule has 0 aliphatic heterocycles. The normalized spacial score (nSPS) is 12.6. The van der Waals surface area contributed by atoms with E-state index in [1.807, 2.05) is 0 Å². The third kappa shape index (κ3) is 5.39. The maximum atomic E-state index is 9.05. The largest absolute Gasteiger partial charge is 0.380 e. The maximum Gasteiger partial charge on any atom is 0.115 e. The van der Waals surface area contributed by atoms with Crippen LogP contribution in [0.15, 0.2) is 0 Å². The van der Waals surface area contributed by atoms with Crippen LogP contribution >= 0.6 is 0 Å². The van der Waals surface area contributed by atoms with Crippen molar-refractivity contribution in [1.82, 2.24) is 0 Å². The molecule has 0 amide bonds.